The van der Waals surface area contributed by atoms with Crippen LogP contribution in [0.25, 0.3) is 0 Å². The zero-order valence-corrected chi connectivity index (χ0v) is 12.4. The van der Waals surface area contributed by atoms with E-state index in [0.29, 0.717) is 0 Å². The molecule has 0 aromatic carbocycles. The lowest BCUT2D eigenvalue weighted by atomic mass is 9.84. The van der Waals surface area contributed by atoms with E-state index in [1.165, 1.54) is 0 Å². The fourth-order valence-electron chi connectivity index (χ4n) is 2.97. The van der Waals surface area contributed by atoms with E-state index in [1.54, 1.807) is 0 Å². The number of hydrogen-bond donors (Lipinski definition) is 6. The maximum absolute atomic E-state index is 10.5. The fraction of sp³-hybridized carbons (Fsp3) is 1.00. The molecule has 1 saturated carbocycles. The summed E-state index contributed by atoms with van der Waals surface area (Å²) in [6, 6.07) is 0. The van der Waals surface area contributed by atoms with Crippen molar-refractivity contribution in [3.05, 3.63) is 0 Å². The molecule has 0 amide bonds. The molecule has 0 aromatic rings. The molecular weight excluding hydrogens is 324 g/mol. The third kappa shape index (κ3) is 4.57. The Bertz CT molecular complexity index is 424. The molecule has 11 heteroatoms. The van der Waals surface area contributed by atoms with Crippen molar-refractivity contribution in [1.82, 2.24) is 0 Å². The van der Waals surface area contributed by atoms with Crippen LogP contribution in [0.2, 0.25) is 0 Å². The summed E-state index contributed by atoms with van der Waals surface area (Å²) < 4.78 is 35.6. The first kappa shape index (κ1) is 19.7. The van der Waals surface area contributed by atoms with Crippen molar-refractivity contribution in [3.63, 3.8) is 0 Å². The smallest absolute Gasteiger partial charge is 0.218 e. The maximum Gasteiger partial charge on any atom is 0.218 e. The molecule has 0 spiro atoms. The average molecular weight is 345 g/mol. The Kier molecular flexibility index (Phi) is 7.11. The van der Waals surface area contributed by atoms with Crippen LogP contribution in [0, 0.1) is 17.8 Å². The van der Waals surface area contributed by atoms with Crippen molar-refractivity contribution in [3.8, 4) is 0 Å². The molecule has 0 radical (unpaired) electrons. The minimum atomic E-state index is -5.14. The van der Waals surface area contributed by atoms with Crippen LogP contribution in [0.4, 0.5) is 0 Å². The summed E-state index contributed by atoms with van der Waals surface area (Å²) in [7, 11) is -5.14. The van der Waals surface area contributed by atoms with E-state index in [9.17, 15) is 38.5 Å². The van der Waals surface area contributed by atoms with Gasteiger partial charge in [-0.2, -0.15) is 0 Å². The molecule has 6 N–H and O–H groups in total. The Morgan fingerprint density at radius 2 is 1.45 bits per heavy atom. The SMILES string of the molecule is O=S(=O)([O-])O[C@@H](CO)[C@H](O)CC1[C@@H](CO)[C@@H](O)[C@H](O)[C@@H]1CO. The van der Waals surface area contributed by atoms with Gasteiger partial charge in [0.05, 0.1) is 24.9 Å². The minimum Gasteiger partial charge on any atom is -0.726 e. The topological polar surface area (TPSA) is 188 Å². The van der Waals surface area contributed by atoms with Gasteiger partial charge in [-0.3, -0.25) is 4.18 Å². The molecule has 0 aromatic heterocycles. The van der Waals surface area contributed by atoms with Gasteiger partial charge in [-0.15, -0.1) is 0 Å². The third-order valence-corrected chi connectivity index (χ3v) is 4.60. The molecule has 1 aliphatic rings. The highest BCUT2D eigenvalue weighted by atomic mass is 32.3. The second kappa shape index (κ2) is 7.95. The van der Waals surface area contributed by atoms with E-state index in [0.717, 1.165) is 0 Å². The molecule has 0 bridgehead atoms. The summed E-state index contributed by atoms with van der Waals surface area (Å²) in [5.74, 6) is -2.47. The lowest BCUT2D eigenvalue weighted by Gasteiger charge is -2.29. The normalized spacial score (nSPS) is 35.5. The fourth-order valence-corrected chi connectivity index (χ4v) is 3.46. The van der Waals surface area contributed by atoms with Crippen molar-refractivity contribution in [2.75, 3.05) is 19.8 Å². The highest BCUT2D eigenvalue weighted by Gasteiger charge is 2.49. The van der Waals surface area contributed by atoms with E-state index < -0.39 is 72.4 Å². The van der Waals surface area contributed by atoms with E-state index in [4.69, 9.17) is 5.11 Å². The summed E-state index contributed by atoms with van der Waals surface area (Å²) >= 11 is 0. The Morgan fingerprint density at radius 3 is 1.77 bits per heavy atom. The van der Waals surface area contributed by atoms with Crippen LogP contribution in [-0.4, -0.2) is 87.8 Å². The lowest BCUT2D eigenvalue weighted by molar-refractivity contribution is -0.0272. The van der Waals surface area contributed by atoms with Gasteiger partial charge in [0.25, 0.3) is 0 Å². The van der Waals surface area contributed by atoms with Gasteiger partial charge in [0.1, 0.15) is 6.10 Å². The summed E-state index contributed by atoms with van der Waals surface area (Å²) in [6.45, 7) is -2.01. The molecule has 1 fully saturated rings. The molecule has 22 heavy (non-hydrogen) atoms. The van der Waals surface area contributed by atoms with Crippen LogP contribution in [0.3, 0.4) is 0 Å². The van der Waals surface area contributed by atoms with Crippen LogP contribution >= 0.6 is 0 Å². The summed E-state index contributed by atoms with van der Waals surface area (Å²) in [4.78, 5) is 0. The van der Waals surface area contributed by atoms with E-state index in [2.05, 4.69) is 4.18 Å². The lowest BCUT2D eigenvalue weighted by Crippen LogP contribution is -2.38. The Hall–Kier alpha value is -0.370. The molecular formula is C11H21O10S-. The molecule has 6 atom stereocenters. The van der Waals surface area contributed by atoms with Gasteiger partial charge in [-0.05, 0) is 12.3 Å². The third-order valence-electron chi connectivity index (χ3n) is 4.11. The van der Waals surface area contributed by atoms with Crippen molar-refractivity contribution in [1.29, 1.82) is 0 Å². The predicted molar refractivity (Wildman–Crippen MR) is 68.9 cm³/mol. The van der Waals surface area contributed by atoms with Gasteiger partial charge in [0.15, 0.2) is 0 Å². The Balaban J connectivity index is 2.84. The molecule has 0 saturated heterocycles. The highest BCUT2D eigenvalue weighted by molar-refractivity contribution is 7.80. The van der Waals surface area contributed by atoms with Gasteiger partial charge in [0.2, 0.25) is 10.4 Å². The monoisotopic (exact) mass is 345 g/mol. The maximum atomic E-state index is 10.5. The van der Waals surface area contributed by atoms with Gasteiger partial charge >= 0.3 is 0 Å². The largest absolute Gasteiger partial charge is 0.726 e. The quantitative estimate of drug-likeness (QED) is 0.188. The van der Waals surface area contributed by atoms with Crippen LogP contribution in [-0.2, 0) is 14.6 Å². The molecule has 0 heterocycles. The van der Waals surface area contributed by atoms with Crippen molar-refractivity contribution < 1.29 is 47.8 Å². The molecule has 0 unspecified atom stereocenters. The van der Waals surface area contributed by atoms with E-state index in [1.807, 2.05) is 0 Å². The number of rotatable bonds is 8. The second-order valence-corrected chi connectivity index (χ2v) is 6.38. The van der Waals surface area contributed by atoms with Crippen LogP contribution in [0.5, 0.6) is 0 Å². The van der Waals surface area contributed by atoms with Crippen LogP contribution in [0.15, 0.2) is 0 Å². The zero-order valence-electron chi connectivity index (χ0n) is 11.6. The van der Waals surface area contributed by atoms with Gasteiger partial charge in [0, 0.05) is 25.0 Å². The Labute approximate surface area is 127 Å². The van der Waals surface area contributed by atoms with Gasteiger partial charge < -0.3 is 35.2 Å². The average Bonchev–Trinajstić information content (AvgIpc) is 2.66. The summed E-state index contributed by atoms with van der Waals surface area (Å²) in [6.07, 6.45) is -6.27. The molecule has 0 aliphatic heterocycles. The molecule has 1 aliphatic carbocycles. The molecule has 132 valence electrons. The Morgan fingerprint density at radius 1 is 1.00 bits per heavy atom. The number of aliphatic hydroxyl groups excluding tert-OH is 6. The second-order valence-electron chi connectivity index (χ2n) is 5.37. The van der Waals surface area contributed by atoms with Gasteiger partial charge in [-0.25, -0.2) is 8.42 Å². The summed E-state index contributed by atoms with van der Waals surface area (Å²) in [5, 5.41) is 57.0. The standard InChI is InChI=1S/C11H22O10S/c12-2-6-5(7(3-13)11(17)10(6)16)1-8(15)9(4-14)21-22(18,19)20/h5-17H,1-4H2,(H,18,19,20)/p-1/t6-,7-,8-,9+,10-,11-/m1/s1. The number of aliphatic hydroxyl groups is 6. The first-order chi connectivity index (χ1) is 10.2. The number of hydrogen-bond acceptors (Lipinski definition) is 10. The summed E-state index contributed by atoms with van der Waals surface area (Å²) in [5.41, 5.74) is 0. The first-order valence-corrected chi connectivity index (χ1v) is 8.00. The van der Waals surface area contributed by atoms with Crippen LogP contribution in [0.1, 0.15) is 6.42 Å². The zero-order chi connectivity index (χ0) is 17.1. The van der Waals surface area contributed by atoms with Crippen molar-refractivity contribution in [2.45, 2.75) is 30.8 Å². The van der Waals surface area contributed by atoms with E-state index >= 15 is 0 Å². The van der Waals surface area contributed by atoms with Crippen LogP contribution < -0.4 is 0 Å². The highest BCUT2D eigenvalue weighted by Crippen LogP contribution is 2.40. The first-order valence-electron chi connectivity index (χ1n) is 6.67. The predicted octanol–water partition coefficient (Wildman–Crippen LogP) is -3.86. The molecule has 1 rings (SSSR count). The minimum absolute atomic E-state index is 0.300. The van der Waals surface area contributed by atoms with E-state index in [-0.39, 0.29) is 6.42 Å². The van der Waals surface area contributed by atoms with Crippen molar-refractivity contribution in [2.24, 2.45) is 17.8 Å². The van der Waals surface area contributed by atoms with Crippen molar-refractivity contribution >= 4 is 10.4 Å². The molecule has 10 nitrogen and oxygen atoms in total. The van der Waals surface area contributed by atoms with Gasteiger partial charge in [-0.1, -0.05) is 0 Å².